The summed E-state index contributed by atoms with van der Waals surface area (Å²) in [5.74, 6) is -0.839. The zero-order valence-corrected chi connectivity index (χ0v) is 14.3. The number of carbonyl (C=O) groups is 1. The quantitative estimate of drug-likeness (QED) is 0.781. The lowest BCUT2D eigenvalue weighted by molar-refractivity contribution is -0.291. The summed E-state index contributed by atoms with van der Waals surface area (Å²) in [5, 5.41) is 11.9. The van der Waals surface area contributed by atoms with Crippen LogP contribution in [0.25, 0.3) is 0 Å². The standard InChI is InChI=1S/C19H18F4N2O2/c20-14-3-1-2-12(8-14)4-6-15-7-5-13(11-24-15)17(26)25-16-9-18(27,10-16)19(21,22)23/h1-3,5,7-8,11,16,27H,4,6,9-10H2,(H,25,26). The predicted molar refractivity (Wildman–Crippen MR) is 89.5 cm³/mol. The van der Waals surface area contributed by atoms with Crippen molar-refractivity contribution >= 4 is 5.91 Å². The molecule has 1 saturated carbocycles. The first-order valence-corrected chi connectivity index (χ1v) is 8.46. The van der Waals surface area contributed by atoms with Gasteiger partial charge in [0.25, 0.3) is 5.91 Å². The van der Waals surface area contributed by atoms with Crippen LogP contribution in [0.2, 0.25) is 0 Å². The average Bonchev–Trinajstić information content (AvgIpc) is 2.58. The summed E-state index contributed by atoms with van der Waals surface area (Å²) in [6.07, 6.45) is -3.30. The first kappa shape index (κ1) is 19.3. The summed E-state index contributed by atoms with van der Waals surface area (Å²) in [4.78, 5) is 16.3. The van der Waals surface area contributed by atoms with E-state index in [0.717, 1.165) is 5.56 Å². The Labute approximate surface area is 153 Å². The van der Waals surface area contributed by atoms with Gasteiger partial charge in [-0.15, -0.1) is 0 Å². The van der Waals surface area contributed by atoms with Gasteiger partial charge in [-0.1, -0.05) is 12.1 Å². The van der Waals surface area contributed by atoms with Gasteiger partial charge in [0.2, 0.25) is 0 Å². The fraction of sp³-hybridized carbons (Fsp3) is 0.368. The van der Waals surface area contributed by atoms with Gasteiger partial charge in [-0.2, -0.15) is 13.2 Å². The molecule has 0 spiro atoms. The van der Waals surface area contributed by atoms with Gasteiger partial charge in [-0.05, 0) is 42.7 Å². The Balaban J connectivity index is 1.51. The van der Waals surface area contributed by atoms with Gasteiger partial charge < -0.3 is 10.4 Å². The van der Waals surface area contributed by atoms with Crippen LogP contribution in [0.4, 0.5) is 17.6 Å². The number of aliphatic hydroxyl groups is 1. The first-order valence-electron chi connectivity index (χ1n) is 8.46. The molecule has 0 atom stereocenters. The van der Waals surface area contributed by atoms with Gasteiger partial charge in [0.05, 0.1) is 5.56 Å². The first-order chi connectivity index (χ1) is 12.7. The molecule has 3 rings (SSSR count). The summed E-state index contributed by atoms with van der Waals surface area (Å²) in [6, 6.07) is 8.72. The minimum absolute atomic E-state index is 0.229. The van der Waals surface area contributed by atoms with Crippen molar-refractivity contribution in [1.29, 1.82) is 0 Å². The molecule has 0 bridgehead atoms. The Bertz CT molecular complexity index is 815. The topological polar surface area (TPSA) is 62.2 Å². The third kappa shape index (κ3) is 4.44. The van der Waals surface area contributed by atoms with E-state index in [2.05, 4.69) is 10.3 Å². The maximum atomic E-state index is 13.1. The molecule has 1 aromatic carbocycles. The Morgan fingerprint density at radius 1 is 1.22 bits per heavy atom. The van der Waals surface area contributed by atoms with Gasteiger partial charge in [0.1, 0.15) is 5.82 Å². The molecule has 0 radical (unpaired) electrons. The summed E-state index contributed by atoms with van der Waals surface area (Å²) >= 11 is 0. The minimum atomic E-state index is -4.70. The van der Waals surface area contributed by atoms with Crippen molar-refractivity contribution in [3.63, 3.8) is 0 Å². The lowest BCUT2D eigenvalue weighted by Crippen LogP contribution is -2.62. The number of benzene rings is 1. The molecule has 1 aromatic heterocycles. The van der Waals surface area contributed by atoms with Crippen LogP contribution in [0.3, 0.4) is 0 Å². The number of carbonyl (C=O) groups excluding carboxylic acids is 1. The maximum absolute atomic E-state index is 13.1. The van der Waals surface area contributed by atoms with E-state index in [1.165, 1.54) is 24.4 Å². The number of hydrogen-bond donors (Lipinski definition) is 2. The van der Waals surface area contributed by atoms with Crippen LogP contribution in [0, 0.1) is 5.82 Å². The van der Waals surface area contributed by atoms with Crippen molar-refractivity contribution in [1.82, 2.24) is 10.3 Å². The van der Waals surface area contributed by atoms with E-state index in [9.17, 15) is 27.5 Å². The van der Waals surface area contributed by atoms with Gasteiger partial charge in [-0.3, -0.25) is 9.78 Å². The highest BCUT2D eigenvalue weighted by Gasteiger charge is 2.61. The number of alkyl halides is 3. The van der Waals surface area contributed by atoms with Crippen molar-refractivity contribution in [2.45, 2.75) is 43.5 Å². The van der Waals surface area contributed by atoms with Crippen molar-refractivity contribution < 1.29 is 27.5 Å². The number of halogens is 4. The molecule has 2 N–H and O–H groups in total. The summed E-state index contributed by atoms with van der Waals surface area (Å²) in [7, 11) is 0. The van der Waals surface area contributed by atoms with Gasteiger partial charge >= 0.3 is 6.18 Å². The third-order valence-corrected chi connectivity index (χ3v) is 4.68. The van der Waals surface area contributed by atoms with Gasteiger partial charge in [0, 0.05) is 30.8 Å². The summed E-state index contributed by atoms with van der Waals surface area (Å²) in [5.41, 5.74) is -0.942. The normalized spacial score (nSPS) is 22.2. The number of aromatic nitrogens is 1. The molecule has 1 aliphatic carbocycles. The fourth-order valence-corrected chi connectivity index (χ4v) is 3.03. The lowest BCUT2D eigenvalue weighted by atomic mass is 9.75. The zero-order chi connectivity index (χ0) is 19.7. The molecular formula is C19H18F4N2O2. The monoisotopic (exact) mass is 382 g/mol. The van der Waals surface area contributed by atoms with Crippen LogP contribution in [-0.4, -0.2) is 33.8 Å². The molecule has 4 nitrogen and oxygen atoms in total. The van der Waals surface area contributed by atoms with Crippen LogP contribution in [0.15, 0.2) is 42.6 Å². The van der Waals surface area contributed by atoms with Crippen LogP contribution < -0.4 is 5.32 Å². The molecule has 0 unspecified atom stereocenters. The van der Waals surface area contributed by atoms with Crippen molar-refractivity contribution in [2.75, 3.05) is 0 Å². The summed E-state index contributed by atoms with van der Waals surface area (Å²) in [6.45, 7) is 0. The minimum Gasteiger partial charge on any atom is -0.380 e. The molecule has 1 amide bonds. The van der Waals surface area contributed by atoms with E-state index in [4.69, 9.17) is 0 Å². The highest BCUT2D eigenvalue weighted by atomic mass is 19.4. The number of rotatable bonds is 5. The van der Waals surface area contributed by atoms with Crippen LogP contribution in [0.1, 0.15) is 34.5 Å². The molecule has 0 aliphatic heterocycles. The van der Waals surface area contributed by atoms with Crippen LogP contribution >= 0.6 is 0 Å². The average molecular weight is 382 g/mol. The van der Waals surface area contributed by atoms with Crippen molar-refractivity contribution in [2.24, 2.45) is 0 Å². The predicted octanol–water partition coefficient (Wildman–Crippen LogP) is 3.19. The van der Waals surface area contributed by atoms with Crippen molar-refractivity contribution in [3.8, 4) is 0 Å². The second kappa shape index (κ2) is 7.26. The molecular weight excluding hydrogens is 364 g/mol. The molecule has 0 saturated heterocycles. The molecule has 1 heterocycles. The van der Waals surface area contributed by atoms with Crippen molar-refractivity contribution in [3.05, 3.63) is 65.2 Å². The maximum Gasteiger partial charge on any atom is 0.417 e. The number of aryl methyl sites for hydroxylation is 2. The lowest BCUT2D eigenvalue weighted by Gasteiger charge is -2.44. The van der Waals surface area contributed by atoms with Crippen LogP contribution in [-0.2, 0) is 12.8 Å². The molecule has 1 fully saturated rings. The van der Waals surface area contributed by atoms with E-state index < -0.39 is 36.6 Å². The van der Waals surface area contributed by atoms with E-state index in [1.54, 1.807) is 12.1 Å². The molecule has 8 heteroatoms. The highest BCUT2D eigenvalue weighted by Crippen LogP contribution is 2.45. The second-order valence-electron chi connectivity index (χ2n) is 6.78. The number of pyridine rings is 1. The van der Waals surface area contributed by atoms with Gasteiger partial charge in [0.15, 0.2) is 5.60 Å². The number of nitrogens with one attached hydrogen (secondary N) is 1. The Morgan fingerprint density at radius 3 is 2.56 bits per heavy atom. The van der Waals surface area contributed by atoms with E-state index in [-0.39, 0.29) is 11.4 Å². The smallest absolute Gasteiger partial charge is 0.380 e. The zero-order valence-electron chi connectivity index (χ0n) is 14.3. The Hall–Kier alpha value is -2.48. The third-order valence-electron chi connectivity index (χ3n) is 4.68. The Morgan fingerprint density at radius 2 is 1.96 bits per heavy atom. The van der Waals surface area contributed by atoms with E-state index >= 15 is 0 Å². The number of hydrogen-bond acceptors (Lipinski definition) is 3. The molecule has 27 heavy (non-hydrogen) atoms. The molecule has 144 valence electrons. The number of nitrogens with zero attached hydrogens (tertiary/aromatic N) is 1. The van der Waals surface area contributed by atoms with E-state index in [0.29, 0.717) is 18.5 Å². The van der Waals surface area contributed by atoms with Gasteiger partial charge in [-0.25, -0.2) is 4.39 Å². The Kier molecular flexibility index (Phi) is 5.19. The highest BCUT2D eigenvalue weighted by molar-refractivity contribution is 5.94. The van der Waals surface area contributed by atoms with E-state index in [1.807, 2.05) is 6.07 Å². The second-order valence-corrected chi connectivity index (χ2v) is 6.78. The largest absolute Gasteiger partial charge is 0.417 e. The molecule has 1 aliphatic rings. The number of amides is 1. The van der Waals surface area contributed by atoms with Crippen LogP contribution in [0.5, 0.6) is 0 Å². The summed E-state index contributed by atoms with van der Waals surface area (Å²) < 4.78 is 50.9. The SMILES string of the molecule is O=C(NC1CC(O)(C(F)(F)F)C1)c1ccc(CCc2cccc(F)c2)nc1. The fourth-order valence-electron chi connectivity index (χ4n) is 3.03. The molecule has 2 aromatic rings.